The molecular formula is C19H22N6O. The Hall–Kier alpha value is -2.96. The largest absolute Gasteiger partial charge is 0.325 e. The number of aryl methyl sites for hydroxylation is 2. The molecule has 1 N–H and O–H groups in total. The van der Waals surface area contributed by atoms with Crippen molar-refractivity contribution in [2.45, 2.75) is 46.1 Å². The number of benzene rings is 1. The summed E-state index contributed by atoms with van der Waals surface area (Å²) in [4.78, 5) is 17.2. The number of carbonyl (C=O) groups excluding carboxylic acids is 1. The van der Waals surface area contributed by atoms with Crippen molar-refractivity contribution in [2.75, 3.05) is 5.32 Å². The topological polar surface area (TPSA) is 77.6 Å². The van der Waals surface area contributed by atoms with Crippen LogP contribution in [0.3, 0.4) is 0 Å². The molecule has 3 aromatic rings. The molecule has 7 nitrogen and oxygen atoms in total. The van der Waals surface area contributed by atoms with E-state index in [-0.39, 0.29) is 5.91 Å². The highest BCUT2D eigenvalue weighted by Crippen LogP contribution is 2.35. The first-order valence-corrected chi connectivity index (χ1v) is 8.73. The van der Waals surface area contributed by atoms with E-state index in [1.165, 1.54) is 0 Å². The van der Waals surface area contributed by atoms with E-state index < -0.39 is 5.41 Å². The number of imidazole rings is 1. The molecule has 0 saturated carbocycles. The SMILES string of the molecule is Cc1ncn(-c2ccc(NC(=O)C3(C)CCn4c(C)nnc43)cc2)c1C. The summed E-state index contributed by atoms with van der Waals surface area (Å²) in [6.45, 7) is 8.65. The van der Waals surface area contributed by atoms with Gasteiger partial charge < -0.3 is 14.5 Å². The van der Waals surface area contributed by atoms with Crippen LogP contribution >= 0.6 is 0 Å². The number of carbonyl (C=O) groups is 1. The van der Waals surface area contributed by atoms with Crippen LogP contribution < -0.4 is 5.32 Å². The number of anilines is 1. The zero-order valence-electron chi connectivity index (χ0n) is 15.4. The van der Waals surface area contributed by atoms with Gasteiger partial charge in [-0.3, -0.25) is 4.79 Å². The lowest BCUT2D eigenvalue weighted by Gasteiger charge is -2.21. The maximum Gasteiger partial charge on any atom is 0.238 e. The van der Waals surface area contributed by atoms with Crippen LogP contribution in [0.5, 0.6) is 0 Å². The van der Waals surface area contributed by atoms with Crippen molar-refractivity contribution in [3.8, 4) is 5.69 Å². The molecule has 1 aliphatic heterocycles. The van der Waals surface area contributed by atoms with Crippen molar-refractivity contribution in [2.24, 2.45) is 0 Å². The van der Waals surface area contributed by atoms with Crippen molar-refractivity contribution >= 4 is 11.6 Å². The minimum absolute atomic E-state index is 0.0499. The summed E-state index contributed by atoms with van der Waals surface area (Å²) in [6.07, 6.45) is 2.54. The van der Waals surface area contributed by atoms with Gasteiger partial charge in [-0.1, -0.05) is 0 Å². The van der Waals surface area contributed by atoms with E-state index in [0.717, 1.165) is 47.4 Å². The Kier molecular flexibility index (Phi) is 3.68. The number of nitrogens with one attached hydrogen (secondary N) is 1. The molecule has 3 heterocycles. The van der Waals surface area contributed by atoms with Gasteiger partial charge in [-0.05, 0) is 58.4 Å². The second-order valence-corrected chi connectivity index (χ2v) is 7.09. The first-order valence-electron chi connectivity index (χ1n) is 8.73. The third-order valence-electron chi connectivity index (χ3n) is 5.42. The molecule has 7 heteroatoms. The van der Waals surface area contributed by atoms with Gasteiger partial charge in [-0.15, -0.1) is 10.2 Å². The van der Waals surface area contributed by atoms with Gasteiger partial charge in [-0.25, -0.2) is 4.98 Å². The van der Waals surface area contributed by atoms with Gasteiger partial charge in [0, 0.05) is 23.6 Å². The van der Waals surface area contributed by atoms with Crippen LogP contribution in [0.1, 0.15) is 36.4 Å². The molecule has 0 spiro atoms. The first-order chi connectivity index (χ1) is 12.4. The summed E-state index contributed by atoms with van der Waals surface area (Å²) >= 11 is 0. The van der Waals surface area contributed by atoms with Gasteiger partial charge >= 0.3 is 0 Å². The van der Waals surface area contributed by atoms with Crippen LogP contribution in [0.15, 0.2) is 30.6 Å². The minimum Gasteiger partial charge on any atom is -0.325 e. The van der Waals surface area contributed by atoms with Crippen molar-refractivity contribution < 1.29 is 4.79 Å². The van der Waals surface area contributed by atoms with Gasteiger partial charge in [0.05, 0.1) is 12.0 Å². The van der Waals surface area contributed by atoms with Crippen LogP contribution in [0.4, 0.5) is 5.69 Å². The van der Waals surface area contributed by atoms with Crippen LogP contribution in [0.2, 0.25) is 0 Å². The zero-order valence-corrected chi connectivity index (χ0v) is 15.4. The van der Waals surface area contributed by atoms with E-state index in [4.69, 9.17) is 0 Å². The number of amides is 1. The molecule has 1 aromatic carbocycles. The fourth-order valence-corrected chi connectivity index (χ4v) is 3.45. The number of aromatic nitrogens is 5. The molecule has 0 saturated heterocycles. The molecule has 1 aliphatic rings. The molecule has 4 rings (SSSR count). The lowest BCUT2D eigenvalue weighted by molar-refractivity contribution is -0.121. The highest BCUT2D eigenvalue weighted by atomic mass is 16.2. The van der Waals surface area contributed by atoms with E-state index in [1.54, 1.807) is 0 Å². The quantitative estimate of drug-likeness (QED) is 0.788. The van der Waals surface area contributed by atoms with Crippen molar-refractivity contribution in [3.63, 3.8) is 0 Å². The second-order valence-electron chi connectivity index (χ2n) is 7.09. The lowest BCUT2D eigenvalue weighted by atomic mass is 9.87. The van der Waals surface area contributed by atoms with E-state index in [2.05, 4.69) is 20.5 Å². The Morgan fingerprint density at radius 3 is 2.54 bits per heavy atom. The second kappa shape index (κ2) is 5.79. The summed E-state index contributed by atoms with van der Waals surface area (Å²) < 4.78 is 4.05. The maximum atomic E-state index is 12.9. The summed E-state index contributed by atoms with van der Waals surface area (Å²) in [6, 6.07) is 7.79. The Morgan fingerprint density at radius 2 is 1.88 bits per heavy atom. The highest BCUT2D eigenvalue weighted by Gasteiger charge is 2.44. The average Bonchev–Trinajstić information content (AvgIpc) is 3.27. The number of rotatable bonds is 3. The summed E-state index contributed by atoms with van der Waals surface area (Å²) in [5, 5.41) is 11.4. The van der Waals surface area contributed by atoms with Crippen molar-refractivity contribution in [3.05, 3.63) is 53.6 Å². The van der Waals surface area contributed by atoms with E-state index in [9.17, 15) is 4.79 Å². The predicted molar refractivity (Wildman–Crippen MR) is 98.4 cm³/mol. The minimum atomic E-state index is -0.655. The fraction of sp³-hybridized carbons (Fsp3) is 0.368. The van der Waals surface area contributed by atoms with Gasteiger partial charge in [0.15, 0.2) is 0 Å². The third kappa shape index (κ3) is 2.42. The molecule has 26 heavy (non-hydrogen) atoms. The van der Waals surface area contributed by atoms with Crippen LogP contribution in [0, 0.1) is 20.8 Å². The number of hydrogen-bond donors (Lipinski definition) is 1. The molecular weight excluding hydrogens is 328 g/mol. The molecule has 0 bridgehead atoms. The first kappa shape index (κ1) is 16.5. The standard InChI is InChI=1S/C19H22N6O/c1-12-13(2)25(11-20-12)16-7-5-15(6-8-16)21-18(26)19(4)9-10-24-14(3)22-23-17(19)24/h5-8,11H,9-10H2,1-4H3,(H,21,26). The lowest BCUT2D eigenvalue weighted by Crippen LogP contribution is -2.36. The number of hydrogen-bond acceptors (Lipinski definition) is 4. The normalized spacial score (nSPS) is 18.8. The Morgan fingerprint density at radius 1 is 1.15 bits per heavy atom. The van der Waals surface area contributed by atoms with Crippen molar-refractivity contribution in [1.29, 1.82) is 0 Å². The molecule has 134 valence electrons. The molecule has 1 atom stereocenters. The smallest absolute Gasteiger partial charge is 0.238 e. The summed E-state index contributed by atoms with van der Waals surface area (Å²) in [5.41, 5.74) is 3.25. The molecule has 0 fully saturated rings. The number of nitrogens with zero attached hydrogens (tertiary/aromatic N) is 5. The monoisotopic (exact) mass is 350 g/mol. The average molecular weight is 350 g/mol. The Balaban J connectivity index is 1.55. The van der Waals surface area contributed by atoms with E-state index >= 15 is 0 Å². The summed E-state index contributed by atoms with van der Waals surface area (Å²) in [7, 11) is 0. The van der Waals surface area contributed by atoms with E-state index in [1.807, 2.05) is 67.4 Å². The summed E-state index contributed by atoms with van der Waals surface area (Å²) in [5.74, 6) is 1.55. The highest BCUT2D eigenvalue weighted by molar-refractivity contribution is 5.98. The maximum absolute atomic E-state index is 12.9. The van der Waals surface area contributed by atoms with Crippen molar-refractivity contribution in [1.82, 2.24) is 24.3 Å². The van der Waals surface area contributed by atoms with Gasteiger partial charge in [-0.2, -0.15) is 0 Å². The third-order valence-corrected chi connectivity index (χ3v) is 5.42. The van der Waals surface area contributed by atoms with Gasteiger partial charge in [0.2, 0.25) is 5.91 Å². The van der Waals surface area contributed by atoms with Crippen LogP contribution in [0.25, 0.3) is 5.69 Å². The molecule has 1 amide bonds. The van der Waals surface area contributed by atoms with Gasteiger partial charge in [0.1, 0.15) is 17.1 Å². The van der Waals surface area contributed by atoms with Crippen LogP contribution in [-0.2, 0) is 16.8 Å². The molecule has 0 aliphatic carbocycles. The predicted octanol–water partition coefficient (Wildman–Crippen LogP) is 2.69. The molecule has 2 aromatic heterocycles. The van der Waals surface area contributed by atoms with E-state index in [0.29, 0.717) is 0 Å². The Bertz CT molecular complexity index is 984. The number of fused-ring (bicyclic) bond motifs is 1. The fourth-order valence-electron chi connectivity index (χ4n) is 3.45. The Labute approximate surface area is 152 Å². The molecule has 1 unspecified atom stereocenters. The zero-order chi connectivity index (χ0) is 18.5. The van der Waals surface area contributed by atoms with Gasteiger partial charge in [0.25, 0.3) is 0 Å². The van der Waals surface area contributed by atoms with Crippen LogP contribution in [-0.4, -0.2) is 30.2 Å². The molecule has 0 radical (unpaired) electrons.